The van der Waals surface area contributed by atoms with Crippen molar-refractivity contribution in [2.24, 2.45) is 0 Å². The first kappa shape index (κ1) is 13.0. The van der Waals surface area contributed by atoms with Gasteiger partial charge in [0.2, 0.25) is 10.0 Å². The van der Waals surface area contributed by atoms with E-state index in [-0.39, 0.29) is 0 Å². The summed E-state index contributed by atoms with van der Waals surface area (Å²) in [6.45, 7) is 3.67. The number of sulfonamides is 1. The standard InChI is InChI=1S/C7H16N6O2S/c1-5(4-8-3)16(14,15)11-6(2)7-9-12-13-10-7/h5-6,8,11H,4H2,1-3H3,(H,9,10,12,13). The molecule has 92 valence electrons. The van der Waals surface area contributed by atoms with Crippen LogP contribution in [0.15, 0.2) is 0 Å². The fraction of sp³-hybridized carbons (Fsp3) is 0.857. The molecule has 0 amide bonds. The number of tetrazole rings is 1. The second-order valence-corrected chi connectivity index (χ2v) is 5.65. The summed E-state index contributed by atoms with van der Waals surface area (Å²) < 4.78 is 26.1. The summed E-state index contributed by atoms with van der Waals surface area (Å²) in [6.07, 6.45) is 0. The third kappa shape index (κ3) is 3.22. The number of nitrogens with one attached hydrogen (secondary N) is 3. The van der Waals surface area contributed by atoms with E-state index < -0.39 is 21.3 Å². The fourth-order valence-corrected chi connectivity index (χ4v) is 2.38. The van der Waals surface area contributed by atoms with Crippen LogP contribution in [0.25, 0.3) is 0 Å². The van der Waals surface area contributed by atoms with Gasteiger partial charge in [0.15, 0.2) is 5.82 Å². The summed E-state index contributed by atoms with van der Waals surface area (Å²) in [7, 11) is -1.68. The lowest BCUT2D eigenvalue weighted by Crippen LogP contribution is -2.39. The minimum atomic E-state index is -3.38. The van der Waals surface area contributed by atoms with E-state index in [2.05, 4.69) is 30.7 Å². The van der Waals surface area contributed by atoms with E-state index in [1.807, 2.05) is 0 Å². The Hall–Kier alpha value is -1.06. The highest BCUT2D eigenvalue weighted by molar-refractivity contribution is 7.90. The topological polar surface area (TPSA) is 113 Å². The molecule has 0 saturated carbocycles. The third-order valence-electron chi connectivity index (χ3n) is 2.11. The van der Waals surface area contributed by atoms with Crippen molar-refractivity contribution in [3.05, 3.63) is 5.82 Å². The first-order valence-corrected chi connectivity index (χ1v) is 6.41. The van der Waals surface area contributed by atoms with Crippen LogP contribution < -0.4 is 10.0 Å². The van der Waals surface area contributed by atoms with E-state index in [0.717, 1.165) is 0 Å². The molecule has 9 heteroatoms. The molecule has 0 aliphatic rings. The van der Waals surface area contributed by atoms with Crippen LogP contribution >= 0.6 is 0 Å². The normalized spacial score (nSPS) is 15.9. The van der Waals surface area contributed by atoms with Gasteiger partial charge in [-0.1, -0.05) is 5.21 Å². The lowest BCUT2D eigenvalue weighted by Gasteiger charge is -2.16. The van der Waals surface area contributed by atoms with Crippen LogP contribution in [0.4, 0.5) is 0 Å². The van der Waals surface area contributed by atoms with Crippen molar-refractivity contribution in [2.45, 2.75) is 25.1 Å². The first-order valence-electron chi connectivity index (χ1n) is 4.86. The zero-order valence-corrected chi connectivity index (χ0v) is 10.2. The Kier molecular flexibility index (Phi) is 4.33. The first-order chi connectivity index (χ1) is 7.47. The molecule has 0 aromatic carbocycles. The van der Waals surface area contributed by atoms with Gasteiger partial charge in [-0.15, -0.1) is 10.2 Å². The number of hydrogen-bond acceptors (Lipinski definition) is 6. The molecular formula is C7H16N6O2S. The maximum absolute atomic E-state index is 11.8. The predicted molar refractivity (Wildman–Crippen MR) is 58.0 cm³/mol. The Balaban J connectivity index is 2.66. The van der Waals surface area contributed by atoms with E-state index in [0.29, 0.717) is 12.4 Å². The van der Waals surface area contributed by atoms with Gasteiger partial charge in [0.1, 0.15) is 0 Å². The maximum atomic E-state index is 11.8. The lowest BCUT2D eigenvalue weighted by molar-refractivity contribution is 0.544. The Morgan fingerprint density at radius 1 is 1.44 bits per heavy atom. The monoisotopic (exact) mass is 248 g/mol. The van der Waals surface area contributed by atoms with Gasteiger partial charge < -0.3 is 5.32 Å². The minimum Gasteiger partial charge on any atom is -0.318 e. The smallest absolute Gasteiger partial charge is 0.216 e. The van der Waals surface area contributed by atoms with Crippen molar-refractivity contribution >= 4 is 10.0 Å². The van der Waals surface area contributed by atoms with E-state index >= 15 is 0 Å². The maximum Gasteiger partial charge on any atom is 0.216 e. The number of nitrogens with zero attached hydrogens (tertiary/aromatic N) is 3. The van der Waals surface area contributed by atoms with Crippen molar-refractivity contribution in [2.75, 3.05) is 13.6 Å². The molecule has 8 nitrogen and oxygen atoms in total. The fourth-order valence-electron chi connectivity index (χ4n) is 1.17. The van der Waals surface area contributed by atoms with Crippen LogP contribution in [0.5, 0.6) is 0 Å². The molecule has 2 atom stereocenters. The summed E-state index contributed by atoms with van der Waals surface area (Å²) in [5.74, 6) is 0.320. The molecule has 0 spiro atoms. The average Bonchev–Trinajstić information content (AvgIpc) is 2.70. The van der Waals surface area contributed by atoms with Crippen molar-refractivity contribution in [3.8, 4) is 0 Å². The number of aromatic amines is 1. The van der Waals surface area contributed by atoms with Crippen LogP contribution in [0, 0.1) is 0 Å². The Bertz CT molecular complexity index is 403. The van der Waals surface area contributed by atoms with Crippen LogP contribution in [0.3, 0.4) is 0 Å². The average molecular weight is 248 g/mol. The van der Waals surface area contributed by atoms with Crippen LogP contribution in [0.2, 0.25) is 0 Å². The van der Waals surface area contributed by atoms with Crippen molar-refractivity contribution in [1.82, 2.24) is 30.7 Å². The van der Waals surface area contributed by atoms with Crippen molar-refractivity contribution in [1.29, 1.82) is 0 Å². The zero-order chi connectivity index (χ0) is 12.2. The lowest BCUT2D eigenvalue weighted by atomic mass is 10.4. The minimum absolute atomic E-state index is 0.320. The van der Waals surface area contributed by atoms with Crippen molar-refractivity contribution in [3.63, 3.8) is 0 Å². The van der Waals surface area contributed by atoms with Gasteiger partial charge in [0.05, 0.1) is 11.3 Å². The highest BCUT2D eigenvalue weighted by atomic mass is 32.2. The van der Waals surface area contributed by atoms with Crippen LogP contribution in [0.1, 0.15) is 25.7 Å². The Labute approximate surface area is 94.3 Å². The molecule has 1 heterocycles. The summed E-state index contributed by atoms with van der Waals surface area (Å²) >= 11 is 0. The number of rotatable bonds is 6. The molecule has 0 aliphatic carbocycles. The van der Waals surface area contributed by atoms with Gasteiger partial charge in [-0.2, -0.15) is 5.21 Å². The molecule has 0 fully saturated rings. The van der Waals surface area contributed by atoms with Gasteiger partial charge >= 0.3 is 0 Å². The number of aromatic nitrogens is 4. The number of hydrogen-bond donors (Lipinski definition) is 3. The predicted octanol–water partition coefficient (Wildman–Crippen LogP) is -1.21. The summed E-state index contributed by atoms with van der Waals surface area (Å²) in [5, 5.41) is 15.4. The molecule has 0 saturated heterocycles. The van der Waals surface area contributed by atoms with Gasteiger partial charge in [-0.3, -0.25) is 0 Å². The molecule has 0 bridgehead atoms. The highest BCUT2D eigenvalue weighted by Crippen LogP contribution is 2.08. The van der Waals surface area contributed by atoms with Gasteiger partial charge in [0.25, 0.3) is 0 Å². The molecule has 0 aliphatic heterocycles. The second-order valence-electron chi connectivity index (χ2n) is 3.52. The molecule has 2 unspecified atom stereocenters. The Morgan fingerprint density at radius 2 is 2.12 bits per heavy atom. The van der Waals surface area contributed by atoms with E-state index in [1.165, 1.54) is 0 Å². The van der Waals surface area contributed by atoms with E-state index in [1.54, 1.807) is 20.9 Å². The summed E-state index contributed by atoms with van der Waals surface area (Å²) in [4.78, 5) is 0. The van der Waals surface area contributed by atoms with E-state index in [4.69, 9.17) is 0 Å². The molecule has 1 aromatic heterocycles. The third-order valence-corrected chi connectivity index (χ3v) is 4.02. The molecule has 1 aromatic rings. The molecular weight excluding hydrogens is 232 g/mol. The van der Waals surface area contributed by atoms with Gasteiger partial charge in [-0.05, 0) is 20.9 Å². The van der Waals surface area contributed by atoms with Crippen LogP contribution in [-0.4, -0.2) is 47.9 Å². The van der Waals surface area contributed by atoms with Gasteiger partial charge in [-0.25, -0.2) is 13.1 Å². The summed E-state index contributed by atoms with van der Waals surface area (Å²) in [5.41, 5.74) is 0. The largest absolute Gasteiger partial charge is 0.318 e. The van der Waals surface area contributed by atoms with Crippen molar-refractivity contribution < 1.29 is 8.42 Å². The highest BCUT2D eigenvalue weighted by Gasteiger charge is 2.24. The van der Waals surface area contributed by atoms with Gasteiger partial charge in [0, 0.05) is 6.54 Å². The Morgan fingerprint density at radius 3 is 2.62 bits per heavy atom. The van der Waals surface area contributed by atoms with E-state index in [9.17, 15) is 8.42 Å². The second kappa shape index (κ2) is 5.32. The van der Waals surface area contributed by atoms with Crippen LogP contribution in [-0.2, 0) is 10.0 Å². The summed E-state index contributed by atoms with van der Waals surface area (Å²) in [6, 6.07) is -0.497. The quantitative estimate of drug-likeness (QED) is 0.582. The zero-order valence-electron chi connectivity index (χ0n) is 9.43. The molecule has 1 rings (SSSR count). The number of H-pyrrole nitrogens is 1. The molecule has 0 radical (unpaired) electrons. The SMILES string of the molecule is CNCC(C)S(=O)(=O)NC(C)c1nn[nH]n1. The molecule has 16 heavy (non-hydrogen) atoms. The molecule has 3 N–H and O–H groups in total.